The molecule has 0 bridgehead atoms. The molecule has 0 aromatic heterocycles. The van der Waals surface area contributed by atoms with Gasteiger partial charge in [0.15, 0.2) is 0 Å². The Kier molecular flexibility index (Phi) is 4.21. The molecule has 4 nitrogen and oxygen atoms in total. The number of para-hydroxylation sites is 1. The summed E-state index contributed by atoms with van der Waals surface area (Å²) in [5, 5.41) is 4.32. The van der Waals surface area contributed by atoms with E-state index in [0.29, 0.717) is 6.42 Å². The summed E-state index contributed by atoms with van der Waals surface area (Å²) in [6, 6.07) is 16.7. The van der Waals surface area contributed by atoms with Crippen LogP contribution in [0.5, 0.6) is 0 Å². The molecule has 2 aromatic rings. The molecule has 1 atom stereocenters. The number of nitrogens with two attached hydrogens (primary N) is 1. The van der Waals surface area contributed by atoms with Crippen LogP contribution in [0.2, 0.25) is 0 Å². The van der Waals surface area contributed by atoms with Gasteiger partial charge in [0.05, 0.1) is 5.69 Å². The quantitative estimate of drug-likeness (QED) is 0.862. The van der Waals surface area contributed by atoms with Crippen molar-refractivity contribution in [2.75, 3.05) is 0 Å². The Bertz CT molecular complexity index is 695. The molecule has 0 unspecified atom stereocenters. The average Bonchev–Trinajstić information content (AvgIpc) is 2.97. The van der Waals surface area contributed by atoms with Crippen LogP contribution < -0.4 is 11.1 Å². The maximum atomic E-state index is 12.0. The second kappa shape index (κ2) is 6.45. The Hall–Kier alpha value is -2.59. The molecule has 0 saturated carbocycles. The van der Waals surface area contributed by atoms with E-state index in [-0.39, 0.29) is 6.61 Å². The molecule has 22 heavy (non-hydrogen) atoms. The fourth-order valence-electron chi connectivity index (χ4n) is 2.39. The second-order valence-electron chi connectivity index (χ2n) is 5.20. The highest BCUT2D eigenvalue weighted by Crippen LogP contribution is 2.32. The number of ether oxygens (including phenoxy) is 1. The minimum atomic E-state index is -0.684. The van der Waals surface area contributed by atoms with Crippen LogP contribution >= 0.6 is 0 Å². The molecule has 1 aliphatic rings. The van der Waals surface area contributed by atoms with Gasteiger partial charge in [-0.1, -0.05) is 48.5 Å². The third kappa shape index (κ3) is 3.18. The summed E-state index contributed by atoms with van der Waals surface area (Å²) in [5.41, 5.74) is 9.84. The summed E-state index contributed by atoms with van der Waals surface area (Å²) < 4.78 is 5.27. The van der Waals surface area contributed by atoms with Crippen molar-refractivity contribution >= 4 is 17.2 Å². The van der Waals surface area contributed by atoms with E-state index in [4.69, 9.17) is 10.5 Å². The van der Waals surface area contributed by atoms with E-state index in [1.807, 2.05) is 54.6 Å². The molecule has 2 N–H and O–H groups in total. The molecule has 0 saturated heterocycles. The van der Waals surface area contributed by atoms with Crippen molar-refractivity contribution in [1.82, 2.24) is 5.32 Å². The highest BCUT2D eigenvalue weighted by Gasteiger charge is 2.22. The Morgan fingerprint density at radius 3 is 2.64 bits per heavy atom. The van der Waals surface area contributed by atoms with E-state index in [2.05, 4.69) is 5.32 Å². The molecule has 111 valence electrons. The summed E-state index contributed by atoms with van der Waals surface area (Å²) in [6.07, 6.45) is 2.20. The van der Waals surface area contributed by atoms with Crippen LogP contribution in [-0.4, -0.2) is 12.0 Å². The van der Waals surface area contributed by atoms with E-state index < -0.39 is 12.0 Å². The Balaban J connectivity index is 1.56. The predicted molar refractivity (Wildman–Crippen MR) is 85.0 cm³/mol. The third-order valence-corrected chi connectivity index (χ3v) is 3.58. The Morgan fingerprint density at radius 2 is 1.82 bits per heavy atom. The van der Waals surface area contributed by atoms with Crippen LogP contribution in [0, 0.1) is 0 Å². The van der Waals surface area contributed by atoms with Gasteiger partial charge in [-0.15, -0.1) is 0 Å². The number of hydrogen-bond acceptors (Lipinski definition) is 3. The smallest absolute Gasteiger partial charge is 0.323 e. The van der Waals surface area contributed by atoms with Gasteiger partial charge < -0.3 is 10.5 Å². The van der Waals surface area contributed by atoms with Gasteiger partial charge in [-0.25, -0.2) is 0 Å². The van der Waals surface area contributed by atoms with E-state index in [0.717, 1.165) is 22.4 Å². The number of rotatable bonds is 5. The lowest BCUT2D eigenvalue weighted by atomic mass is 10.0. The summed E-state index contributed by atoms with van der Waals surface area (Å²) in [7, 11) is 0. The molecular formula is C18H17N2O2. The van der Waals surface area contributed by atoms with Crippen LogP contribution in [0.25, 0.3) is 5.57 Å². The lowest BCUT2D eigenvalue weighted by Crippen LogP contribution is -2.32. The summed E-state index contributed by atoms with van der Waals surface area (Å²) in [4.78, 5) is 12.0. The van der Waals surface area contributed by atoms with Crippen LogP contribution in [0.1, 0.15) is 17.5 Å². The topological polar surface area (TPSA) is 66.4 Å². The van der Waals surface area contributed by atoms with Crippen LogP contribution in [0.4, 0.5) is 5.69 Å². The Morgan fingerprint density at radius 1 is 1.09 bits per heavy atom. The van der Waals surface area contributed by atoms with E-state index >= 15 is 0 Å². The largest absolute Gasteiger partial charge is 0.460 e. The SMILES string of the molecule is N[C@H](CC1=C[N]c2ccccc21)C(=O)OCc1ccccc1. The number of fused-ring (bicyclic) bond motifs is 1. The van der Waals surface area contributed by atoms with Gasteiger partial charge in [0.1, 0.15) is 12.6 Å². The van der Waals surface area contributed by atoms with E-state index in [1.165, 1.54) is 0 Å². The van der Waals surface area contributed by atoms with E-state index in [9.17, 15) is 4.79 Å². The highest BCUT2D eigenvalue weighted by molar-refractivity contribution is 5.84. The van der Waals surface area contributed by atoms with Crippen molar-refractivity contribution in [3.63, 3.8) is 0 Å². The van der Waals surface area contributed by atoms with Crippen molar-refractivity contribution in [3.05, 3.63) is 71.9 Å². The first-order valence-electron chi connectivity index (χ1n) is 7.19. The number of hydrogen-bond donors (Lipinski definition) is 1. The number of benzene rings is 2. The van der Waals surface area contributed by atoms with Gasteiger partial charge >= 0.3 is 5.97 Å². The predicted octanol–water partition coefficient (Wildman–Crippen LogP) is 2.74. The molecule has 0 spiro atoms. The molecule has 0 fully saturated rings. The Labute approximate surface area is 129 Å². The molecule has 3 rings (SSSR count). The number of nitrogens with zero attached hydrogens (tertiary/aromatic N) is 1. The number of carbonyl (C=O) groups excluding carboxylic acids is 1. The van der Waals surface area contributed by atoms with Crippen molar-refractivity contribution in [2.45, 2.75) is 19.1 Å². The fourth-order valence-corrected chi connectivity index (χ4v) is 2.39. The van der Waals surface area contributed by atoms with Gasteiger partial charge in [-0.2, -0.15) is 0 Å². The van der Waals surface area contributed by atoms with Crippen LogP contribution in [0.3, 0.4) is 0 Å². The zero-order valence-electron chi connectivity index (χ0n) is 12.1. The van der Waals surface area contributed by atoms with Crippen molar-refractivity contribution in [2.24, 2.45) is 5.73 Å². The standard InChI is InChI=1S/C18H17N2O2/c19-16(18(21)22-12-13-6-2-1-3-7-13)10-14-11-20-17-9-5-4-8-15(14)17/h1-9,11,16H,10,12,19H2/t16-/m1/s1. The first kappa shape index (κ1) is 14.4. The van der Waals surface area contributed by atoms with Gasteiger partial charge in [0, 0.05) is 18.2 Å². The second-order valence-corrected chi connectivity index (χ2v) is 5.20. The van der Waals surface area contributed by atoms with E-state index in [1.54, 1.807) is 6.20 Å². The molecule has 1 radical (unpaired) electrons. The molecule has 1 heterocycles. The van der Waals surface area contributed by atoms with Gasteiger partial charge in [-0.3, -0.25) is 10.1 Å². The molecule has 0 aliphatic carbocycles. The molecule has 4 heteroatoms. The lowest BCUT2D eigenvalue weighted by molar-refractivity contribution is -0.146. The van der Waals surface area contributed by atoms with Crippen molar-refractivity contribution < 1.29 is 9.53 Å². The molecule has 1 aliphatic heterocycles. The normalized spacial score (nSPS) is 13.8. The van der Waals surface area contributed by atoms with Crippen LogP contribution in [0.15, 0.2) is 60.8 Å². The van der Waals surface area contributed by atoms with Crippen molar-refractivity contribution in [3.8, 4) is 0 Å². The minimum absolute atomic E-state index is 0.243. The molecular weight excluding hydrogens is 276 g/mol. The fraction of sp³-hybridized carbons (Fsp3) is 0.167. The number of esters is 1. The van der Waals surface area contributed by atoms with Crippen molar-refractivity contribution in [1.29, 1.82) is 0 Å². The highest BCUT2D eigenvalue weighted by atomic mass is 16.5. The lowest BCUT2D eigenvalue weighted by Gasteiger charge is -2.12. The first-order valence-corrected chi connectivity index (χ1v) is 7.19. The van der Waals surface area contributed by atoms with Gasteiger partial charge in [0.25, 0.3) is 0 Å². The average molecular weight is 293 g/mol. The monoisotopic (exact) mass is 293 g/mol. The zero-order valence-corrected chi connectivity index (χ0v) is 12.1. The minimum Gasteiger partial charge on any atom is -0.460 e. The van der Waals surface area contributed by atoms with Crippen LogP contribution in [-0.2, 0) is 16.1 Å². The van der Waals surface area contributed by atoms with Gasteiger partial charge in [-0.05, 0) is 17.2 Å². The van der Waals surface area contributed by atoms with Gasteiger partial charge in [0.2, 0.25) is 0 Å². The molecule has 0 amide bonds. The number of carbonyl (C=O) groups is 1. The summed E-state index contributed by atoms with van der Waals surface area (Å²) >= 11 is 0. The first-order chi connectivity index (χ1) is 10.7. The summed E-state index contributed by atoms with van der Waals surface area (Å²) in [6.45, 7) is 0.243. The third-order valence-electron chi connectivity index (χ3n) is 3.58. The maximum Gasteiger partial charge on any atom is 0.323 e. The maximum absolute atomic E-state index is 12.0. The molecule has 2 aromatic carbocycles. The zero-order chi connectivity index (χ0) is 15.4. The summed E-state index contributed by atoms with van der Waals surface area (Å²) in [5.74, 6) is -0.394.